The zero-order valence-corrected chi connectivity index (χ0v) is 19.0. The first-order valence-corrected chi connectivity index (χ1v) is 10.3. The largest absolute Gasteiger partial charge is 0.460 e. The van der Waals surface area contributed by atoms with Crippen LogP contribution in [-0.4, -0.2) is 50.4 Å². The van der Waals surface area contributed by atoms with Gasteiger partial charge in [0.2, 0.25) is 0 Å². The zero-order valence-electron chi connectivity index (χ0n) is 19.0. The van der Waals surface area contributed by atoms with Crippen LogP contribution in [0.1, 0.15) is 13.8 Å². The molecule has 0 atom stereocenters. The van der Waals surface area contributed by atoms with Gasteiger partial charge in [0, 0.05) is 11.1 Å². The summed E-state index contributed by atoms with van der Waals surface area (Å²) in [5.74, 6) is -0.542. The van der Waals surface area contributed by atoms with E-state index in [-0.39, 0.29) is 48.9 Å². The highest BCUT2D eigenvalue weighted by Crippen LogP contribution is 2.25. The van der Waals surface area contributed by atoms with Crippen molar-refractivity contribution in [2.75, 3.05) is 26.3 Å². The fourth-order valence-corrected chi connectivity index (χ4v) is 2.46. The lowest BCUT2D eigenvalue weighted by Gasteiger charge is -2.10. The second kappa shape index (κ2) is 12.6. The number of amides is 2. The Morgan fingerprint density at radius 1 is 0.706 bits per heavy atom. The van der Waals surface area contributed by atoms with Gasteiger partial charge in [-0.05, 0) is 48.9 Å². The van der Waals surface area contributed by atoms with Gasteiger partial charge in [-0.25, -0.2) is 19.2 Å². The van der Waals surface area contributed by atoms with Crippen LogP contribution in [-0.2, 0) is 19.1 Å². The van der Waals surface area contributed by atoms with E-state index in [4.69, 9.17) is 18.9 Å². The maximum absolute atomic E-state index is 11.9. The van der Waals surface area contributed by atoms with Gasteiger partial charge in [0.25, 0.3) is 0 Å². The van der Waals surface area contributed by atoms with E-state index in [2.05, 4.69) is 23.8 Å². The van der Waals surface area contributed by atoms with Crippen molar-refractivity contribution in [1.82, 2.24) is 10.6 Å². The van der Waals surface area contributed by atoms with Crippen LogP contribution in [0.4, 0.5) is 9.59 Å². The fraction of sp³-hybridized carbons (Fsp3) is 0.250. The van der Waals surface area contributed by atoms with Gasteiger partial charge < -0.3 is 29.6 Å². The van der Waals surface area contributed by atoms with E-state index in [9.17, 15) is 19.2 Å². The number of hydrogen-bond acceptors (Lipinski definition) is 8. The summed E-state index contributed by atoms with van der Waals surface area (Å²) in [6.07, 6.45) is -1.44. The molecule has 2 aromatic rings. The van der Waals surface area contributed by atoms with E-state index < -0.39 is 24.1 Å². The van der Waals surface area contributed by atoms with Crippen LogP contribution < -0.4 is 20.1 Å². The number of hydrogen-bond donors (Lipinski definition) is 2. The minimum Gasteiger partial charge on any atom is -0.460 e. The summed E-state index contributed by atoms with van der Waals surface area (Å²) in [6.45, 7) is 10.1. The number of ether oxygens (including phenoxy) is 4. The van der Waals surface area contributed by atoms with Gasteiger partial charge in [-0.1, -0.05) is 25.3 Å². The molecule has 34 heavy (non-hydrogen) atoms. The Morgan fingerprint density at radius 3 is 1.50 bits per heavy atom. The normalized spacial score (nSPS) is 10.1. The Bertz CT molecular complexity index is 1030. The molecule has 0 saturated carbocycles. The molecule has 0 radical (unpaired) electrons. The van der Waals surface area contributed by atoms with Crippen molar-refractivity contribution in [1.29, 1.82) is 0 Å². The van der Waals surface area contributed by atoms with Crippen LogP contribution in [0.15, 0.2) is 60.7 Å². The lowest BCUT2D eigenvalue weighted by Crippen LogP contribution is -2.30. The third kappa shape index (κ3) is 8.65. The zero-order chi connectivity index (χ0) is 25.1. The molecule has 10 nitrogen and oxygen atoms in total. The molecule has 0 spiro atoms. The molecule has 0 aliphatic rings. The molecule has 0 aromatic heterocycles. The number of carbonyl (C=O) groups excluding carboxylic acids is 4. The average molecular weight is 470 g/mol. The van der Waals surface area contributed by atoms with Crippen molar-refractivity contribution < 1.29 is 38.1 Å². The molecule has 180 valence electrons. The highest BCUT2D eigenvalue weighted by Gasteiger charge is 2.09. The summed E-state index contributed by atoms with van der Waals surface area (Å²) in [7, 11) is 0. The number of esters is 2. The molecule has 2 aromatic carbocycles. The van der Waals surface area contributed by atoms with Gasteiger partial charge >= 0.3 is 24.1 Å². The molecule has 0 aliphatic carbocycles. The molecular formula is C24H26N2O8. The van der Waals surface area contributed by atoms with Crippen molar-refractivity contribution >= 4 is 34.9 Å². The quantitative estimate of drug-likeness (QED) is 0.308. The summed E-state index contributed by atoms with van der Waals surface area (Å²) < 4.78 is 20.2. The predicted molar refractivity (Wildman–Crippen MR) is 124 cm³/mol. The summed E-state index contributed by atoms with van der Waals surface area (Å²) >= 11 is 0. The van der Waals surface area contributed by atoms with Crippen LogP contribution in [0.3, 0.4) is 0 Å². The van der Waals surface area contributed by atoms with Crippen LogP contribution >= 0.6 is 0 Å². The highest BCUT2D eigenvalue weighted by molar-refractivity contribution is 5.88. The van der Waals surface area contributed by atoms with E-state index in [1.165, 1.54) is 13.8 Å². The second-order valence-electron chi connectivity index (χ2n) is 7.14. The standard InChI is InChI=1S/C24H26N2O8/c1-15(2)21(27)31-11-9-25-23(29)33-19-7-5-17-6-8-20(14-18(17)13-19)34-24(30)26-10-12-32-22(28)16(3)4/h5-8,13-14H,1,3,9-12H2,2,4H3,(H,25,29)(H,26,30). The first-order valence-electron chi connectivity index (χ1n) is 10.3. The van der Waals surface area contributed by atoms with Crippen molar-refractivity contribution in [3.63, 3.8) is 0 Å². The first-order chi connectivity index (χ1) is 16.2. The number of carbonyl (C=O) groups is 4. The summed E-state index contributed by atoms with van der Waals surface area (Å²) in [4.78, 5) is 46.5. The summed E-state index contributed by atoms with van der Waals surface area (Å²) in [5, 5.41) is 6.43. The minimum atomic E-state index is -0.718. The Hall–Kier alpha value is -4.34. The molecule has 0 aliphatic heterocycles. The van der Waals surface area contributed by atoms with Crippen molar-refractivity contribution in [3.05, 3.63) is 60.7 Å². The van der Waals surface area contributed by atoms with Crippen LogP contribution in [0.5, 0.6) is 11.5 Å². The predicted octanol–water partition coefficient (Wildman–Crippen LogP) is 3.26. The van der Waals surface area contributed by atoms with E-state index in [1.807, 2.05) is 0 Å². The SMILES string of the molecule is C=C(C)C(=O)OCCNC(=O)Oc1ccc2ccc(OC(=O)NCCOC(=O)C(=C)C)cc2c1. The maximum Gasteiger partial charge on any atom is 0.412 e. The molecule has 10 heteroatoms. The van der Waals surface area contributed by atoms with E-state index in [1.54, 1.807) is 36.4 Å². The molecule has 2 amide bonds. The lowest BCUT2D eigenvalue weighted by atomic mass is 10.1. The highest BCUT2D eigenvalue weighted by atomic mass is 16.6. The molecule has 2 N–H and O–H groups in total. The maximum atomic E-state index is 11.9. The topological polar surface area (TPSA) is 129 Å². The number of nitrogens with one attached hydrogen (secondary N) is 2. The van der Waals surface area contributed by atoms with E-state index >= 15 is 0 Å². The fourth-order valence-electron chi connectivity index (χ4n) is 2.46. The van der Waals surface area contributed by atoms with Gasteiger partial charge in [-0.3, -0.25) is 0 Å². The second-order valence-corrected chi connectivity index (χ2v) is 7.14. The van der Waals surface area contributed by atoms with Crippen LogP contribution in [0.25, 0.3) is 10.8 Å². The molecule has 0 unspecified atom stereocenters. The number of rotatable bonds is 10. The third-order valence-electron chi connectivity index (χ3n) is 4.11. The van der Waals surface area contributed by atoms with Crippen LogP contribution in [0.2, 0.25) is 0 Å². The molecule has 0 fully saturated rings. The smallest absolute Gasteiger partial charge is 0.412 e. The van der Waals surface area contributed by atoms with Gasteiger partial charge in [-0.15, -0.1) is 0 Å². The van der Waals surface area contributed by atoms with Crippen molar-refractivity contribution in [3.8, 4) is 11.5 Å². The first kappa shape index (κ1) is 25.9. The van der Waals surface area contributed by atoms with Crippen molar-refractivity contribution in [2.24, 2.45) is 0 Å². The number of benzene rings is 2. The Labute approximate surface area is 196 Å². The minimum absolute atomic E-state index is 0.0163. The summed E-state index contributed by atoms with van der Waals surface area (Å²) in [5.41, 5.74) is 0.535. The van der Waals surface area contributed by atoms with Crippen LogP contribution in [0, 0.1) is 0 Å². The lowest BCUT2D eigenvalue weighted by molar-refractivity contribution is -0.139. The Kier molecular flexibility index (Phi) is 9.63. The monoisotopic (exact) mass is 470 g/mol. The van der Waals surface area contributed by atoms with Gasteiger partial charge in [0.15, 0.2) is 0 Å². The molecule has 0 bridgehead atoms. The van der Waals surface area contributed by atoms with Crippen molar-refractivity contribution in [2.45, 2.75) is 13.8 Å². The molecule has 0 saturated heterocycles. The molecule has 0 heterocycles. The van der Waals surface area contributed by atoms with E-state index in [0.717, 1.165) is 5.39 Å². The molecule has 2 rings (SSSR count). The Morgan fingerprint density at radius 2 is 1.12 bits per heavy atom. The Balaban J connectivity index is 1.85. The van der Waals surface area contributed by atoms with Gasteiger partial charge in [0.05, 0.1) is 13.1 Å². The number of fused-ring (bicyclic) bond motifs is 1. The van der Waals surface area contributed by atoms with Gasteiger partial charge in [0.1, 0.15) is 24.7 Å². The molecular weight excluding hydrogens is 444 g/mol. The average Bonchev–Trinajstić information content (AvgIpc) is 2.78. The van der Waals surface area contributed by atoms with E-state index in [0.29, 0.717) is 5.39 Å². The third-order valence-corrected chi connectivity index (χ3v) is 4.11. The summed E-state index contributed by atoms with van der Waals surface area (Å²) in [6, 6.07) is 9.93. The van der Waals surface area contributed by atoms with Gasteiger partial charge in [-0.2, -0.15) is 0 Å².